The molecule has 2 N–H and O–H groups in total. The topological polar surface area (TPSA) is 198 Å². The highest BCUT2D eigenvalue weighted by molar-refractivity contribution is 5.95. The number of benzene rings is 2. The molecule has 0 amide bonds. The molecule has 0 fully saturated rings. The molecule has 0 aliphatic carbocycles. The molecule has 0 unspecified atom stereocenters. The molecule has 2 aromatic rings. The molecular weight excluding hydrogens is 584 g/mol. The molecule has 14 heteroatoms. The van der Waals surface area contributed by atoms with Gasteiger partial charge < -0.3 is 38.6 Å². The van der Waals surface area contributed by atoms with Crippen molar-refractivity contribution in [3.05, 3.63) is 58.1 Å². The van der Waals surface area contributed by atoms with Gasteiger partial charge in [0.1, 0.15) is 12.2 Å². The molecule has 0 atom stereocenters. The number of rotatable bonds is 18. The second-order valence-corrected chi connectivity index (χ2v) is 9.25. The van der Waals surface area contributed by atoms with Gasteiger partial charge in [-0.05, 0) is 61.6 Å². The number of hydrogen-bond acceptors (Lipinski definition) is 12. The van der Waals surface area contributed by atoms with E-state index >= 15 is 0 Å². The van der Waals surface area contributed by atoms with E-state index in [1.165, 1.54) is 25.3 Å². The third kappa shape index (κ3) is 11.3. The Balaban J connectivity index is 2.07. The van der Waals surface area contributed by atoms with Crippen molar-refractivity contribution in [3.8, 4) is 11.5 Å². The fourth-order valence-corrected chi connectivity index (χ4v) is 3.77. The fraction of sp³-hybridized carbons (Fsp3) is 0.400. The summed E-state index contributed by atoms with van der Waals surface area (Å²) in [6, 6.07) is 7.67. The molecule has 0 saturated carbocycles. The van der Waals surface area contributed by atoms with Crippen LogP contribution in [0.4, 0.5) is 0 Å². The van der Waals surface area contributed by atoms with Crippen molar-refractivity contribution in [2.24, 2.45) is 0 Å². The van der Waals surface area contributed by atoms with Crippen molar-refractivity contribution in [1.82, 2.24) is 0 Å². The summed E-state index contributed by atoms with van der Waals surface area (Å²) in [7, 11) is 1.37. The molecular formula is C30H34O14. The summed E-state index contributed by atoms with van der Waals surface area (Å²) < 4.78 is 31.2. The number of aryl methyl sites for hydroxylation is 1. The summed E-state index contributed by atoms with van der Waals surface area (Å²) in [6.45, 7) is 1.71. The Kier molecular flexibility index (Phi) is 14.1. The Labute approximate surface area is 252 Å². The lowest BCUT2D eigenvalue weighted by Gasteiger charge is -2.18. The van der Waals surface area contributed by atoms with Crippen molar-refractivity contribution in [1.29, 1.82) is 0 Å². The number of carbonyl (C=O) groups excluding carboxylic acids is 4. The summed E-state index contributed by atoms with van der Waals surface area (Å²) in [5, 5.41) is 17.3. The number of methoxy groups -OCH3 is 1. The Morgan fingerprint density at radius 3 is 1.77 bits per heavy atom. The first-order valence-electron chi connectivity index (χ1n) is 13.4. The number of carboxylic acids is 2. The zero-order valence-corrected chi connectivity index (χ0v) is 24.5. The SMILES string of the molecule is COc1cccc(C(=O)OCC(=O)OCCCC(=O)O)c1OCc1c(C)ccc(C(=O)OCC(=O)OCCCC(=O)O)c1C. The number of aliphatic carboxylic acids is 2. The largest absolute Gasteiger partial charge is 0.493 e. The van der Waals surface area contributed by atoms with E-state index < -0.39 is 49.0 Å². The first-order chi connectivity index (χ1) is 20.9. The van der Waals surface area contributed by atoms with Crippen LogP contribution in [0.2, 0.25) is 0 Å². The highest BCUT2D eigenvalue weighted by atomic mass is 16.6. The summed E-state index contributed by atoms with van der Waals surface area (Å²) in [4.78, 5) is 70.3. The number of ether oxygens (including phenoxy) is 6. The molecule has 0 radical (unpaired) electrons. The van der Waals surface area contributed by atoms with Gasteiger partial charge >= 0.3 is 35.8 Å². The van der Waals surface area contributed by atoms with Gasteiger partial charge in [0.25, 0.3) is 0 Å². The lowest BCUT2D eigenvalue weighted by molar-refractivity contribution is -0.148. The normalized spacial score (nSPS) is 10.3. The van der Waals surface area contributed by atoms with Crippen LogP contribution in [0.3, 0.4) is 0 Å². The maximum Gasteiger partial charge on any atom is 0.344 e. The second kappa shape index (κ2) is 17.7. The highest BCUT2D eigenvalue weighted by Crippen LogP contribution is 2.33. The van der Waals surface area contributed by atoms with Gasteiger partial charge in [-0.2, -0.15) is 0 Å². The molecule has 44 heavy (non-hydrogen) atoms. The lowest BCUT2D eigenvalue weighted by atomic mass is 9.98. The fourth-order valence-electron chi connectivity index (χ4n) is 3.77. The lowest BCUT2D eigenvalue weighted by Crippen LogP contribution is -2.19. The first kappa shape index (κ1) is 35.1. The average Bonchev–Trinajstić information content (AvgIpc) is 2.98. The predicted octanol–water partition coefficient (Wildman–Crippen LogP) is 3.02. The molecule has 2 rings (SSSR count). The third-order valence-corrected chi connectivity index (χ3v) is 6.07. The van der Waals surface area contributed by atoms with Gasteiger partial charge in [-0.3, -0.25) is 9.59 Å². The molecule has 0 saturated heterocycles. The second-order valence-electron chi connectivity index (χ2n) is 9.25. The zero-order valence-electron chi connectivity index (χ0n) is 24.5. The molecule has 0 aliphatic heterocycles. The number of carboxylic acid groups (broad SMARTS) is 2. The minimum atomic E-state index is -1.03. The monoisotopic (exact) mass is 618 g/mol. The predicted molar refractivity (Wildman–Crippen MR) is 149 cm³/mol. The summed E-state index contributed by atoms with van der Waals surface area (Å²) in [5.74, 6) is -5.19. The molecule has 14 nitrogen and oxygen atoms in total. The van der Waals surface area contributed by atoms with E-state index in [1.807, 2.05) is 0 Å². The standard InChI is InChI=1S/C30H34O14/c1-18-11-12-20(29(37)43-16-26(35)40-13-5-9-24(31)32)19(2)22(18)15-42-28-21(7-4-8-23(28)39-3)30(38)44-17-27(36)41-14-6-10-25(33)34/h4,7-8,11-12H,5-6,9-10,13-17H2,1-3H3,(H,31,32)(H,33,34). The van der Waals surface area contributed by atoms with Gasteiger partial charge in [0.15, 0.2) is 24.7 Å². The molecule has 0 heterocycles. The molecule has 0 aromatic heterocycles. The van der Waals surface area contributed by atoms with Crippen LogP contribution in [0.5, 0.6) is 11.5 Å². The Morgan fingerprint density at radius 2 is 1.25 bits per heavy atom. The minimum Gasteiger partial charge on any atom is -0.493 e. The van der Waals surface area contributed by atoms with Crippen molar-refractivity contribution in [2.45, 2.75) is 46.1 Å². The van der Waals surface area contributed by atoms with Gasteiger partial charge in [-0.1, -0.05) is 12.1 Å². The van der Waals surface area contributed by atoms with Crippen LogP contribution < -0.4 is 9.47 Å². The number of esters is 4. The van der Waals surface area contributed by atoms with Crippen LogP contribution in [0.15, 0.2) is 30.3 Å². The van der Waals surface area contributed by atoms with Crippen molar-refractivity contribution in [2.75, 3.05) is 33.5 Å². The Bertz CT molecular complexity index is 1360. The van der Waals surface area contributed by atoms with Crippen molar-refractivity contribution >= 4 is 35.8 Å². The Morgan fingerprint density at radius 1 is 0.705 bits per heavy atom. The van der Waals surface area contributed by atoms with E-state index in [-0.39, 0.29) is 68.1 Å². The van der Waals surface area contributed by atoms with Crippen LogP contribution >= 0.6 is 0 Å². The maximum absolute atomic E-state index is 12.8. The summed E-state index contributed by atoms with van der Waals surface area (Å²) >= 11 is 0. The van der Waals surface area contributed by atoms with Gasteiger partial charge in [0.05, 0.1) is 25.9 Å². The van der Waals surface area contributed by atoms with Crippen LogP contribution in [-0.2, 0) is 44.7 Å². The van der Waals surface area contributed by atoms with Gasteiger partial charge in [-0.15, -0.1) is 0 Å². The van der Waals surface area contributed by atoms with Crippen molar-refractivity contribution in [3.63, 3.8) is 0 Å². The molecule has 0 spiro atoms. The van der Waals surface area contributed by atoms with Gasteiger partial charge in [0.2, 0.25) is 0 Å². The quantitative estimate of drug-likeness (QED) is 0.140. The smallest absolute Gasteiger partial charge is 0.344 e. The summed E-state index contributed by atoms with van der Waals surface area (Å²) in [5.41, 5.74) is 1.95. The highest BCUT2D eigenvalue weighted by Gasteiger charge is 2.22. The van der Waals surface area contributed by atoms with Crippen LogP contribution in [0.1, 0.15) is 63.1 Å². The van der Waals surface area contributed by atoms with E-state index in [9.17, 15) is 28.8 Å². The number of para-hydroxylation sites is 1. The van der Waals surface area contributed by atoms with Gasteiger partial charge in [-0.25, -0.2) is 19.2 Å². The molecule has 0 bridgehead atoms. The number of hydrogen-bond donors (Lipinski definition) is 2. The molecule has 238 valence electrons. The van der Waals surface area contributed by atoms with Crippen LogP contribution in [-0.4, -0.2) is 79.6 Å². The third-order valence-electron chi connectivity index (χ3n) is 6.07. The van der Waals surface area contributed by atoms with Crippen molar-refractivity contribution < 1.29 is 67.4 Å². The molecule has 0 aliphatic rings. The number of carbonyl (C=O) groups is 6. The minimum absolute atomic E-state index is 0.0206. The van der Waals surface area contributed by atoms with E-state index in [4.69, 9.17) is 38.6 Å². The zero-order chi connectivity index (χ0) is 32.6. The van der Waals surface area contributed by atoms with Crippen LogP contribution in [0.25, 0.3) is 0 Å². The van der Waals surface area contributed by atoms with E-state index in [0.717, 1.165) is 5.56 Å². The average molecular weight is 619 g/mol. The van der Waals surface area contributed by atoms with E-state index in [0.29, 0.717) is 11.1 Å². The molecule has 2 aromatic carbocycles. The summed E-state index contributed by atoms with van der Waals surface area (Å²) in [6.07, 6.45) is -0.0930. The van der Waals surface area contributed by atoms with E-state index in [1.54, 1.807) is 26.0 Å². The Hall–Kier alpha value is -5.14. The van der Waals surface area contributed by atoms with Crippen LogP contribution in [0, 0.1) is 13.8 Å². The first-order valence-corrected chi connectivity index (χ1v) is 13.4. The van der Waals surface area contributed by atoms with Gasteiger partial charge in [0, 0.05) is 12.8 Å². The maximum atomic E-state index is 12.8. The van der Waals surface area contributed by atoms with E-state index in [2.05, 4.69) is 0 Å².